The zero-order valence-corrected chi connectivity index (χ0v) is 8.78. The third kappa shape index (κ3) is 1.73. The quantitative estimate of drug-likeness (QED) is 0.663. The second kappa shape index (κ2) is 3.42. The van der Waals surface area contributed by atoms with E-state index < -0.39 is 0 Å². The van der Waals surface area contributed by atoms with Crippen LogP contribution in [0.1, 0.15) is 5.56 Å². The number of benzene rings is 1. The molecule has 3 heteroatoms. The summed E-state index contributed by atoms with van der Waals surface area (Å²) < 4.78 is 5.14. The van der Waals surface area contributed by atoms with Gasteiger partial charge in [0.1, 0.15) is 5.58 Å². The van der Waals surface area contributed by atoms with E-state index in [2.05, 4.69) is 6.92 Å². The number of nitrogens with zero attached hydrogens (tertiary/aromatic N) is 1. The minimum absolute atomic E-state index is 0.376. The summed E-state index contributed by atoms with van der Waals surface area (Å²) in [4.78, 5) is 13.2. The van der Waals surface area contributed by atoms with Crippen molar-refractivity contribution in [1.82, 2.24) is 0 Å². The smallest absolute Gasteiger partial charge is 0.339 e. The van der Waals surface area contributed by atoms with Crippen molar-refractivity contribution < 1.29 is 4.42 Å². The molecule has 0 aliphatic carbocycles. The summed E-state index contributed by atoms with van der Waals surface area (Å²) in [6, 6.07) is 7.47. The van der Waals surface area contributed by atoms with E-state index in [4.69, 9.17) is 4.42 Å². The largest absolute Gasteiger partial charge is 0.422 e. The summed E-state index contributed by atoms with van der Waals surface area (Å²) in [7, 11) is 3.88. The van der Waals surface area contributed by atoms with Crippen LogP contribution in [0.5, 0.6) is 0 Å². The Morgan fingerprint density at radius 2 is 2.00 bits per heavy atom. The summed E-state index contributed by atoms with van der Waals surface area (Å²) in [5.41, 5.74) is 1.61. The van der Waals surface area contributed by atoms with E-state index in [-0.39, 0.29) is 5.63 Å². The van der Waals surface area contributed by atoms with Gasteiger partial charge in [0, 0.05) is 36.8 Å². The van der Waals surface area contributed by atoms with Crippen molar-refractivity contribution in [3.05, 3.63) is 47.2 Å². The van der Waals surface area contributed by atoms with Gasteiger partial charge in [-0.3, -0.25) is 0 Å². The predicted octanol–water partition coefficient (Wildman–Crippen LogP) is 2.04. The zero-order valence-electron chi connectivity index (χ0n) is 8.78. The first-order chi connectivity index (χ1) is 7.08. The Balaban J connectivity index is 2.72. The maximum atomic E-state index is 11.3. The topological polar surface area (TPSA) is 33.5 Å². The van der Waals surface area contributed by atoms with E-state index in [0.717, 1.165) is 11.1 Å². The van der Waals surface area contributed by atoms with Gasteiger partial charge in [0.2, 0.25) is 0 Å². The SMILES string of the molecule is [CH2]c1cc2ccc(N(C)C)cc2oc1=O. The minimum Gasteiger partial charge on any atom is -0.422 e. The standard InChI is InChI=1S/C12H12NO2/c1-8-6-9-4-5-10(13(2)3)7-11(9)15-12(8)14/h4-7H,1H2,2-3H3. The Bertz CT molecular complexity index is 555. The summed E-state index contributed by atoms with van der Waals surface area (Å²) >= 11 is 0. The molecule has 0 bridgehead atoms. The molecule has 1 heterocycles. The molecule has 1 radical (unpaired) electrons. The first-order valence-electron chi connectivity index (χ1n) is 4.65. The molecule has 0 atom stereocenters. The number of hydrogen-bond donors (Lipinski definition) is 0. The molecule has 0 amide bonds. The van der Waals surface area contributed by atoms with Crippen molar-refractivity contribution in [3.63, 3.8) is 0 Å². The van der Waals surface area contributed by atoms with Gasteiger partial charge in [-0.25, -0.2) is 4.79 Å². The lowest BCUT2D eigenvalue weighted by Crippen LogP contribution is -2.08. The average molecular weight is 202 g/mol. The van der Waals surface area contributed by atoms with Crippen molar-refractivity contribution in [3.8, 4) is 0 Å². The molecule has 0 N–H and O–H groups in total. The van der Waals surface area contributed by atoms with Crippen LogP contribution < -0.4 is 10.5 Å². The summed E-state index contributed by atoms with van der Waals surface area (Å²) in [5, 5.41) is 0.894. The van der Waals surface area contributed by atoms with Crippen LogP contribution in [0, 0.1) is 6.92 Å². The molecule has 0 fully saturated rings. The van der Waals surface area contributed by atoms with Gasteiger partial charge in [0.05, 0.1) is 0 Å². The minimum atomic E-state index is -0.376. The first-order valence-corrected chi connectivity index (χ1v) is 4.65. The number of hydrogen-bond acceptors (Lipinski definition) is 3. The highest BCUT2D eigenvalue weighted by Gasteiger charge is 2.03. The van der Waals surface area contributed by atoms with Gasteiger partial charge in [-0.15, -0.1) is 0 Å². The third-order valence-electron chi connectivity index (χ3n) is 2.31. The fraction of sp³-hybridized carbons (Fsp3) is 0.167. The van der Waals surface area contributed by atoms with Crippen LogP contribution in [0.15, 0.2) is 33.5 Å². The lowest BCUT2D eigenvalue weighted by molar-refractivity contribution is 0.558. The van der Waals surface area contributed by atoms with E-state index >= 15 is 0 Å². The second-order valence-electron chi connectivity index (χ2n) is 3.68. The van der Waals surface area contributed by atoms with Crippen LogP contribution in [0.3, 0.4) is 0 Å². The number of anilines is 1. The van der Waals surface area contributed by atoms with Gasteiger partial charge < -0.3 is 9.32 Å². The molecule has 0 spiro atoms. The summed E-state index contributed by atoms with van der Waals surface area (Å²) in [6.07, 6.45) is 0. The van der Waals surface area contributed by atoms with Crippen molar-refractivity contribution in [2.75, 3.05) is 19.0 Å². The molecule has 0 saturated heterocycles. The molecule has 2 aromatic rings. The molecule has 3 nitrogen and oxygen atoms in total. The van der Waals surface area contributed by atoms with Crippen molar-refractivity contribution in [2.24, 2.45) is 0 Å². The van der Waals surface area contributed by atoms with Gasteiger partial charge >= 0.3 is 5.63 Å². The van der Waals surface area contributed by atoms with Gasteiger partial charge in [0.15, 0.2) is 0 Å². The second-order valence-corrected chi connectivity index (χ2v) is 3.68. The molecule has 1 aromatic carbocycles. The highest BCUT2D eigenvalue weighted by molar-refractivity contribution is 5.81. The Kier molecular flexibility index (Phi) is 2.23. The molecule has 0 saturated carbocycles. The van der Waals surface area contributed by atoms with Crippen LogP contribution >= 0.6 is 0 Å². The fourth-order valence-corrected chi connectivity index (χ4v) is 1.42. The molecule has 2 rings (SSSR count). The molecule has 77 valence electrons. The Labute approximate surface area is 87.9 Å². The summed E-state index contributed by atoms with van der Waals surface area (Å²) in [6.45, 7) is 3.61. The van der Waals surface area contributed by atoms with E-state index in [1.165, 1.54) is 0 Å². The normalized spacial score (nSPS) is 10.6. The number of fused-ring (bicyclic) bond motifs is 1. The van der Waals surface area contributed by atoms with Gasteiger partial charge in [-0.05, 0) is 25.1 Å². The van der Waals surface area contributed by atoms with Gasteiger partial charge in [-0.2, -0.15) is 0 Å². The molecule has 0 unspecified atom stereocenters. The monoisotopic (exact) mass is 202 g/mol. The molecule has 1 aromatic heterocycles. The highest BCUT2D eigenvalue weighted by atomic mass is 16.4. The van der Waals surface area contributed by atoms with E-state index in [9.17, 15) is 4.79 Å². The Morgan fingerprint density at radius 3 is 2.67 bits per heavy atom. The average Bonchev–Trinajstić information content (AvgIpc) is 2.19. The van der Waals surface area contributed by atoms with Crippen molar-refractivity contribution >= 4 is 16.7 Å². The van der Waals surface area contributed by atoms with Crippen LogP contribution in [0.2, 0.25) is 0 Å². The molecular formula is C12H12NO2. The predicted molar refractivity (Wildman–Crippen MR) is 61.3 cm³/mol. The van der Waals surface area contributed by atoms with Crippen LogP contribution in [0.4, 0.5) is 5.69 Å². The maximum Gasteiger partial charge on any atom is 0.339 e. The molecule has 0 aliphatic rings. The third-order valence-corrected chi connectivity index (χ3v) is 2.31. The summed E-state index contributed by atoms with van der Waals surface area (Å²) in [5.74, 6) is 0. The Morgan fingerprint density at radius 1 is 1.27 bits per heavy atom. The van der Waals surface area contributed by atoms with E-state index in [0.29, 0.717) is 11.1 Å². The van der Waals surface area contributed by atoms with E-state index in [1.54, 1.807) is 6.07 Å². The highest BCUT2D eigenvalue weighted by Crippen LogP contribution is 2.20. The van der Waals surface area contributed by atoms with Crippen LogP contribution in [-0.2, 0) is 0 Å². The van der Waals surface area contributed by atoms with Crippen molar-refractivity contribution in [2.45, 2.75) is 0 Å². The lowest BCUT2D eigenvalue weighted by Gasteiger charge is -2.12. The Hall–Kier alpha value is -1.77. The molecular weight excluding hydrogens is 190 g/mol. The lowest BCUT2D eigenvalue weighted by atomic mass is 10.2. The van der Waals surface area contributed by atoms with Crippen LogP contribution in [0.25, 0.3) is 11.0 Å². The van der Waals surface area contributed by atoms with Crippen molar-refractivity contribution in [1.29, 1.82) is 0 Å². The molecule has 0 aliphatic heterocycles. The zero-order chi connectivity index (χ0) is 11.0. The molecule has 15 heavy (non-hydrogen) atoms. The first kappa shape index (κ1) is 9.77. The van der Waals surface area contributed by atoms with Gasteiger partial charge in [0.25, 0.3) is 0 Å². The number of rotatable bonds is 1. The maximum absolute atomic E-state index is 11.3. The van der Waals surface area contributed by atoms with Crippen LogP contribution in [-0.4, -0.2) is 14.1 Å². The fourth-order valence-electron chi connectivity index (χ4n) is 1.42. The van der Waals surface area contributed by atoms with Gasteiger partial charge in [-0.1, -0.05) is 0 Å². The van der Waals surface area contributed by atoms with E-state index in [1.807, 2.05) is 37.2 Å².